The van der Waals surface area contributed by atoms with Gasteiger partial charge < -0.3 is 19.1 Å². The summed E-state index contributed by atoms with van der Waals surface area (Å²) in [6, 6.07) is 21.2. The largest absolute Gasteiger partial charge is 0.478 e. The fourth-order valence-corrected chi connectivity index (χ4v) is 3.88. The minimum atomic E-state index is -0.610. The highest BCUT2D eigenvalue weighted by Gasteiger charge is 2.50. The number of β-lactam (4-membered cyclic amide) rings is 1. The van der Waals surface area contributed by atoms with Gasteiger partial charge in [-0.1, -0.05) is 36.4 Å². The number of hydrogen-bond acceptors (Lipinski definition) is 4. The van der Waals surface area contributed by atoms with Crippen LogP contribution < -0.4 is 14.2 Å². The summed E-state index contributed by atoms with van der Waals surface area (Å²) in [4.78, 5) is 14.7. The van der Waals surface area contributed by atoms with Gasteiger partial charge in [-0.05, 0) is 53.9 Å². The third kappa shape index (κ3) is 3.45. The van der Waals surface area contributed by atoms with E-state index in [4.69, 9.17) is 14.2 Å². The second kappa shape index (κ2) is 7.71. The summed E-state index contributed by atoms with van der Waals surface area (Å²) < 4.78 is 30.1. The molecule has 152 valence electrons. The van der Waals surface area contributed by atoms with Crippen molar-refractivity contribution in [3.8, 4) is 17.2 Å². The van der Waals surface area contributed by atoms with Gasteiger partial charge in [0.1, 0.15) is 17.6 Å². The maximum Gasteiger partial charge on any atom is 0.266 e. The Hall–Kier alpha value is -3.54. The van der Waals surface area contributed by atoms with Gasteiger partial charge in [-0.3, -0.25) is 4.79 Å². The number of likely N-dealkylation sites (tertiary alicyclic amines) is 1. The van der Waals surface area contributed by atoms with Crippen LogP contribution in [-0.4, -0.2) is 30.2 Å². The number of fused-ring (bicyclic) bond motifs is 1. The van der Waals surface area contributed by atoms with E-state index in [1.807, 2.05) is 48.5 Å². The Kier molecular flexibility index (Phi) is 4.75. The monoisotopic (exact) mass is 405 g/mol. The van der Waals surface area contributed by atoms with Crippen molar-refractivity contribution in [2.45, 2.75) is 18.6 Å². The molecule has 2 aliphatic heterocycles. The number of amides is 1. The molecule has 0 radical (unpaired) electrons. The van der Waals surface area contributed by atoms with Crippen LogP contribution in [0.25, 0.3) is 0 Å². The fourth-order valence-electron chi connectivity index (χ4n) is 3.88. The Morgan fingerprint density at radius 3 is 2.53 bits per heavy atom. The van der Waals surface area contributed by atoms with E-state index in [9.17, 15) is 9.18 Å². The lowest BCUT2D eigenvalue weighted by atomic mass is 9.89. The van der Waals surface area contributed by atoms with Crippen molar-refractivity contribution in [3.63, 3.8) is 0 Å². The van der Waals surface area contributed by atoms with Crippen LogP contribution in [0.1, 0.15) is 17.2 Å². The summed E-state index contributed by atoms with van der Waals surface area (Å²) in [6.45, 7) is 0.707. The van der Waals surface area contributed by atoms with Crippen LogP contribution >= 0.6 is 0 Å². The van der Waals surface area contributed by atoms with E-state index in [2.05, 4.69) is 0 Å². The Labute approximate surface area is 173 Å². The van der Waals surface area contributed by atoms with Gasteiger partial charge in [0.25, 0.3) is 5.91 Å². The molecule has 0 unspecified atom stereocenters. The van der Waals surface area contributed by atoms with Crippen molar-refractivity contribution in [2.75, 3.05) is 13.3 Å². The van der Waals surface area contributed by atoms with Gasteiger partial charge in [-0.25, -0.2) is 4.39 Å². The van der Waals surface area contributed by atoms with E-state index in [-0.39, 0.29) is 24.6 Å². The summed E-state index contributed by atoms with van der Waals surface area (Å²) in [5.74, 6) is 1.68. The van der Waals surface area contributed by atoms with Crippen molar-refractivity contribution in [3.05, 3.63) is 89.7 Å². The number of carbonyl (C=O) groups is 1. The molecular weight excluding hydrogens is 385 g/mol. The molecule has 2 atom stereocenters. The van der Waals surface area contributed by atoms with Gasteiger partial charge in [0.15, 0.2) is 11.5 Å². The maximum atomic E-state index is 13.2. The molecule has 1 amide bonds. The van der Waals surface area contributed by atoms with Gasteiger partial charge in [0, 0.05) is 6.54 Å². The van der Waals surface area contributed by atoms with Crippen LogP contribution in [0.3, 0.4) is 0 Å². The first-order valence-electron chi connectivity index (χ1n) is 9.85. The summed E-state index contributed by atoms with van der Waals surface area (Å²) in [5, 5.41) is 0. The lowest BCUT2D eigenvalue weighted by Gasteiger charge is -2.47. The highest BCUT2D eigenvalue weighted by molar-refractivity contribution is 5.89. The van der Waals surface area contributed by atoms with Gasteiger partial charge in [-0.15, -0.1) is 0 Å². The lowest BCUT2D eigenvalue weighted by molar-refractivity contribution is -0.164. The number of para-hydroxylation sites is 1. The first-order chi connectivity index (χ1) is 14.7. The summed E-state index contributed by atoms with van der Waals surface area (Å²) in [5.41, 5.74) is 1.90. The molecule has 3 aromatic carbocycles. The molecule has 0 aliphatic carbocycles. The summed E-state index contributed by atoms with van der Waals surface area (Å²) >= 11 is 0. The number of carbonyl (C=O) groups excluding carboxylic acids is 1. The zero-order valence-corrected chi connectivity index (χ0v) is 16.2. The van der Waals surface area contributed by atoms with E-state index in [0.717, 1.165) is 11.1 Å². The molecule has 0 N–H and O–H groups in total. The zero-order valence-electron chi connectivity index (χ0n) is 16.2. The molecule has 6 heteroatoms. The second-order valence-corrected chi connectivity index (χ2v) is 7.32. The van der Waals surface area contributed by atoms with Crippen LogP contribution in [0.15, 0.2) is 72.8 Å². The number of halogens is 1. The van der Waals surface area contributed by atoms with Gasteiger partial charge >= 0.3 is 0 Å². The van der Waals surface area contributed by atoms with Gasteiger partial charge in [0.2, 0.25) is 12.9 Å². The van der Waals surface area contributed by atoms with E-state index in [1.165, 1.54) is 12.1 Å². The Morgan fingerprint density at radius 2 is 1.73 bits per heavy atom. The Morgan fingerprint density at radius 1 is 0.967 bits per heavy atom. The number of nitrogens with zero attached hydrogens (tertiary/aromatic N) is 1. The third-order valence-corrected chi connectivity index (χ3v) is 5.45. The summed E-state index contributed by atoms with van der Waals surface area (Å²) in [6.07, 6.45) is 0.0199. The average molecular weight is 405 g/mol. The molecule has 0 aromatic heterocycles. The van der Waals surface area contributed by atoms with Crippen molar-refractivity contribution >= 4 is 5.91 Å². The first kappa shape index (κ1) is 18.5. The van der Waals surface area contributed by atoms with E-state index < -0.39 is 6.10 Å². The fraction of sp³-hybridized carbons (Fsp3) is 0.208. The first-order valence-corrected chi connectivity index (χ1v) is 9.85. The smallest absolute Gasteiger partial charge is 0.266 e. The molecule has 0 spiro atoms. The lowest BCUT2D eigenvalue weighted by Crippen LogP contribution is -2.61. The minimum absolute atomic E-state index is 0.0661. The van der Waals surface area contributed by atoms with Crippen LogP contribution in [0.2, 0.25) is 0 Å². The molecule has 3 aromatic rings. The number of hydrogen-bond donors (Lipinski definition) is 0. The normalized spacial score (nSPS) is 19.5. The molecule has 1 fully saturated rings. The quantitative estimate of drug-likeness (QED) is 0.579. The highest BCUT2D eigenvalue weighted by Crippen LogP contribution is 2.42. The van der Waals surface area contributed by atoms with E-state index >= 15 is 0 Å². The number of benzene rings is 3. The van der Waals surface area contributed by atoms with Crippen molar-refractivity contribution in [1.29, 1.82) is 0 Å². The minimum Gasteiger partial charge on any atom is -0.478 e. The number of rotatable bonds is 6. The van der Waals surface area contributed by atoms with Crippen LogP contribution in [-0.2, 0) is 11.2 Å². The molecule has 0 saturated carbocycles. The molecule has 2 heterocycles. The average Bonchev–Trinajstić information content (AvgIpc) is 3.25. The molecule has 30 heavy (non-hydrogen) atoms. The van der Waals surface area contributed by atoms with Crippen molar-refractivity contribution < 1.29 is 23.4 Å². The van der Waals surface area contributed by atoms with Gasteiger partial charge in [-0.2, -0.15) is 0 Å². The Bertz CT molecular complexity index is 1050. The topological polar surface area (TPSA) is 48.0 Å². The molecule has 0 bridgehead atoms. The predicted molar refractivity (Wildman–Crippen MR) is 108 cm³/mol. The standard InChI is InChI=1S/C24H20FNO4/c25-18-9-6-16(7-10-18)12-13-26-22(17-8-11-20-21(14-17)29-15-28-20)23(24(26)27)30-19-4-2-1-3-5-19/h1-11,14,22-23H,12-13,15H2/t22-,23+/m0/s1. The molecule has 5 rings (SSSR count). The van der Waals surface area contributed by atoms with Crippen molar-refractivity contribution in [2.24, 2.45) is 0 Å². The molecule has 5 nitrogen and oxygen atoms in total. The van der Waals surface area contributed by atoms with E-state index in [0.29, 0.717) is 30.2 Å². The summed E-state index contributed by atoms with van der Waals surface area (Å²) in [7, 11) is 0. The van der Waals surface area contributed by atoms with Crippen LogP contribution in [0, 0.1) is 5.82 Å². The number of ether oxygens (including phenoxy) is 3. The highest BCUT2D eigenvalue weighted by atomic mass is 19.1. The Balaban J connectivity index is 1.39. The molecule has 2 aliphatic rings. The third-order valence-electron chi connectivity index (χ3n) is 5.45. The van der Waals surface area contributed by atoms with Crippen molar-refractivity contribution in [1.82, 2.24) is 4.90 Å². The van der Waals surface area contributed by atoms with Gasteiger partial charge in [0.05, 0.1) is 0 Å². The van der Waals surface area contributed by atoms with Crippen LogP contribution in [0.4, 0.5) is 4.39 Å². The predicted octanol–water partition coefficient (Wildman–Crippen LogP) is 4.13. The van der Waals surface area contributed by atoms with E-state index in [1.54, 1.807) is 17.0 Å². The maximum absolute atomic E-state index is 13.2. The zero-order chi connectivity index (χ0) is 20.5. The second-order valence-electron chi connectivity index (χ2n) is 7.32. The van der Waals surface area contributed by atoms with Crippen LogP contribution in [0.5, 0.6) is 17.2 Å². The molecule has 1 saturated heterocycles. The SMILES string of the molecule is O=C1[C@H](Oc2ccccc2)[C@H](c2ccc3c(c2)OCO3)N1CCc1ccc(F)cc1. The molecular formula is C24H20FNO4.